The summed E-state index contributed by atoms with van der Waals surface area (Å²) in [6.07, 6.45) is 4.70. The molecule has 6 N–H and O–H groups in total. The molecule has 7 heteroatoms. The molecule has 2 aliphatic heterocycles. The lowest BCUT2D eigenvalue weighted by Gasteiger charge is -2.37. The van der Waals surface area contributed by atoms with Gasteiger partial charge in [-0.1, -0.05) is 18.2 Å². The zero-order valence-electron chi connectivity index (χ0n) is 15.0. The minimum Gasteiger partial charge on any atom is -0.369 e. The zero-order valence-corrected chi connectivity index (χ0v) is 15.0. The van der Waals surface area contributed by atoms with E-state index in [4.69, 9.17) is 11.5 Å². The first-order valence-electron chi connectivity index (χ1n) is 9.26. The Balaban J connectivity index is 1.49. The Labute approximate surface area is 149 Å². The van der Waals surface area contributed by atoms with E-state index in [-0.39, 0.29) is 0 Å². The highest BCUT2D eigenvalue weighted by Gasteiger charge is 2.32. The molecule has 2 unspecified atom stereocenters. The monoisotopic (exact) mass is 343 g/mol. The van der Waals surface area contributed by atoms with Gasteiger partial charge >= 0.3 is 0 Å². The molecule has 1 fully saturated rings. The van der Waals surface area contributed by atoms with Crippen molar-refractivity contribution < 1.29 is 0 Å². The Bertz CT molecular complexity index is 665. The molecule has 0 radical (unpaired) electrons. The second kappa shape index (κ2) is 6.57. The second-order valence-corrected chi connectivity index (χ2v) is 7.57. The van der Waals surface area contributed by atoms with Crippen molar-refractivity contribution in [3.63, 3.8) is 0 Å². The van der Waals surface area contributed by atoms with Crippen LogP contribution in [0.25, 0.3) is 0 Å². The molecule has 7 nitrogen and oxygen atoms in total. The fraction of sp³-hybridized carbons (Fsp3) is 0.611. The predicted octanol–water partition coefficient (Wildman–Crippen LogP) is -0.327. The van der Waals surface area contributed by atoms with E-state index in [1.807, 2.05) is 0 Å². The molecule has 136 valence electrons. The average Bonchev–Trinajstić information content (AvgIpc) is 2.84. The average molecular weight is 343 g/mol. The first kappa shape index (κ1) is 16.8. The summed E-state index contributed by atoms with van der Waals surface area (Å²) in [6.45, 7) is 4.75. The number of hydrogen-bond acceptors (Lipinski definition) is 7. The molecule has 0 amide bonds. The number of piperazine rings is 1. The molecule has 0 aromatic heterocycles. The fourth-order valence-electron chi connectivity index (χ4n) is 4.22. The lowest BCUT2D eigenvalue weighted by molar-refractivity contribution is 0.104. The maximum absolute atomic E-state index is 6.35. The van der Waals surface area contributed by atoms with Gasteiger partial charge in [-0.25, -0.2) is 4.99 Å². The molecule has 0 saturated carbocycles. The third-order valence-electron chi connectivity index (χ3n) is 5.87. The summed E-state index contributed by atoms with van der Waals surface area (Å²) >= 11 is 0. The van der Waals surface area contributed by atoms with Crippen molar-refractivity contribution >= 4 is 5.96 Å². The van der Waals surface area contributed by atoms with Gasteiger partial charge in [0.2, 0.25) is 11.7 Å². The van der Waals surface area contributed by atoms with Gasteiger partial charge in [0.05, 0.1) is 0 Å². The predicted molar refractivity (Wildman–Crippen MR) is 99.7 cm³/mol. The van der Waals surface area contributed by atoms with Gasteiger partial charge in [-0.05, 0) is 43.9 Å². The van der Waals surface area contributed by atoms with E-state index in [0.29, 0.717) is 12.0 Å². The van der Waals surface area contributed by atoms with Gasteiger partial charge in [-0.3, -0.25) is 16.1 Å². The third kappa shape index (κ3) is 3.37. The van der Waals surface area contributed by atoms with Crippen molar-refractivity contribution in [2.75, 3.05) is 33.2 Å². The van der Waals surface area contributed by atoms with E-state index in [1.54, 1.807) is 0 Å². The van der Waals surface area contributed by atoms with E-state index >= 15 is 0 Å². The van der Waals surface area contributed by atoms with Crippen LogP contribution < -0.4 is 22.3 Å². The number of benzene rings is 1. The highest BCUT2D eigenvalue weighted by atomic mass is 15.6. The van der Waals surface area contributed by atoms with Gasteiger partial charge in [0, 0.05) is 37.8 Å². The summed E-state index contributed by atoms with van der Waals surface area (Å²) in [5, 5.41) is 0. The maximum Gasteiger partial charge on any atom is 0.209 e. The van der Waals surface area contributed by atoms with Gasteiger partial charge in [-0.2, -0.15) is 5.43 Å². The number of rotatable bonds is 2. The number of nitrogens with zero attached hydrogens (tertiary/aromatic N) is 3. The van der Waals surface area contributed by atoms with Crippen LogP contribution in [0.4, 0.5) is 0 Å². The molecule has 3 aliphatic rings. The number of aryl methyl sites for hydroxylation is 2. The van der Waals surface area contributed by atoms with Gasteiger partial charge in [0.25, 0.3) is 0 Å². The minimum atomic E-state index is -0.970. The van der Waals surface area contributed by atoms with Crippen LogP contribution in [0.5, 0.6) is 0 Å². The largest absolute Gasteiger partial charge is 0.369 e. The quantitative estimate of drug-likeness (QED) is 0.550. The zero-order chi connectivity index (χ0) is 17.4. The number of fused-ring (bicyclic) bond motifs is 1. The fourth-order valence-corrected chi connectivity index (χ4v) is 4.22. The summed E-state index contributed by atoms with van der Waals surface area (Å²) in [5.74, 6) is -0.644. The van der Waals surface area contributed by atoms with Gasteiger partial charge in [-0.15, -0.1) is 0 Å². The summed E-state index contributed by atoms with van der Waals surface area (Å²) in [7, 11) is 2.21. The van der Waals surface area contributed by atoms with Crippen LogP contribution in [0.2, 0.25) is 0 Å². The van der Waals surface area contributed by atoms with Crippen LogP contribution in [0, 0.1) is 0 Å². The summed E-state index contributed by atoms with van der Waals surface area (Å²) < 4.78 is 0. The third-order valence-corrected chi connectivity index (χ3v) is 5.87. The van der Waals surface area contributed by atoms with Crippen LogP contribution in [-0.4, -0.2) is 55.0 Å². The number of likely N-dealkylation sites (N-methyl/N-ethyl adjacent to an activating group) is 1. The molecule has 0 bridgehead atoms. The molecule has 1 saturated heterocycles. The SMILES string of the molecule is CN1CCN(C2CCc3ccc(C4(N)N=C(N)NN4)cc3CC2)CC1. The lowest BCUT2D eigenvalue weighted by Crippen LogP contribution is -2.50. The molecule has 4 rings (SSSR count). The number of hydrazine groups is 1. The highest BCUT2D eigenvalue weighted by molar-refractivity contribution is 5.79. The molecule has 1 aromatic rings. The number of guanidine groups is 1. The maximum atomic E-state index is 6.35. The smallest absolute Gasteiger partial charge is 0.209 e. The highest BCUT2D eigenvalue weighted by Crippen LogP contribution is 2.28. The molecular formula is C18H29N7. The summed E-state index contributed by atoms with van der Waals surface area (Å²) in [4.78, 5) is 9.40. The Morgan fingerprint density at radius 3 is 2.52 bits per heavy atom. The van der Waals surface area contributed by atoms with Crippen molar-refractivity contribution in [3.8, 4) is 0 Å². The van der Waals surface area contributed by atoms with Crippen LogP contribution in [0.15, 0.2) is 23.2 Å². The first-order chi connectivity index (χ1) is 12.0. The van der Waals surface area contributed by atoms with Crippen molar-refractivity contribution in [1.82, 2.24) is 20.7 Å². The second-order valence-electron chi connectivity index (χ2n) is 7.57. The van der Waals surface area contributed by atoms with E-state index < -0.39 is 5.79 Å². The van der Waals surface area contributed by atoms with Crippen LogP contribution in [0.1, 0.15) is 29.5 Å². The van der Waals surface area contributed by atoms with Crippen molar-refractivity contribution in [3.05, 3.63) is 34.9 Å². The van der Waals surface area contributed by atoms with Crippen LogP contribution in [0.3, 0.4) is 0 Å². The molecule has 1 aromatic carbocycles. The van der Waals surface area contributed by atoms with Gasteiger partial charge in [0.1, 0.15) is 0 Å². The normalized spacial score (nSPS) is 31.1. The standard InChI is InChI=1S/C18H29N7/c1-24-8-10-25(11-9-24)16-6-3-13-2-5-15(12-14(13)4-7-16)18(20)21-17(19)22-23-18/h2,5,12,16,23H,3-4,6-11,20H2,1H3,(H3,19,21,22). The van der Waals surface area contributed by atoms with E-state index in [2.05, 4.69) is 50.9 Å². The Morgan fingerprint density at radius 1 is 1.12 bits per heavy atom. The van der Waals surface area contributed by atoms with Gasteiger partial charge in [0.15, 0.2) is 0 Å². The number of hydrogen-bond donors (Lipinski definition) is 4. The minimum absolute atomic E-state index is 0.326. The molecule has 1 aliphatic carbocycles. The molecule has 2 atom stereocenters. The molecule has 0 spiro atoms. The van der Waals surface area contributed by atoms with Crippen LogP contribution in [-0.2, 0) is 18.6 Å². The summed E-state index contributed by atoms with van der Waals surface area (Å²) in [6, 6.07) is 7.19. The molecular weight excluding hydrogens is 314 g/mol. The van der Waals surface area contributed by atoms with Crippen molar-refractivity contribution in [1.29, 1.82) is 0 Å². The Hall–Kier alpha value is -1.67. The number of nitrogens with one attached hydrogen (secondary N) is 2. The lowest BCUT2D eigenvalue weighted by atomic mass is 9.97. The van der Waals surface area contributed by atoms with E-state index in [0.717, 1.165) is 18.4 Å². The first-order valence-corrected chi connectivity index (χ1v) is 9.26. The van der Waals surface area contributed by atoms with Gasteiger partial charge < -0.3 is 10.6 Å². The summed E-state index contributed by atoms with van der Waals surface area (Å²) in [5.41, 5.74) is 21.6. The van der Waals surface area contributed by atoms with E-state index in [9.17, 15) is 0 Å². The van der Waals surface area contributed by atoms with Crippen molar-refractivity contribution in [2.45, 2.75) is 37.5 Å². The Kier molecular flexibility index (Phi) is 4.41. The van der Waals surface area contributed by atoms with E-state index in [1.165, 1.54) is 50.1 Å². The van der Waals surface area contributed by atoms with Crippen molar-refractivity contribution in [2.24, 2.45) is 16.5 Å². The van der Waals surface area contributed by atoms with Crippen LogP contribution >= 0.6 is 0 Å². The number of aliphatic imine (C=N–C) groups is 1. The Morgan fingerprint density at radius 2 is 1.84 bits per heavy atom. The molecule has 2 heterocycles. The number of nitrogens with two attached hydrogens (primary N) is 2. The topological polar surface area (TPSA) is 94.9 Å². The molecule has 25 heavy (non-hydrogen) atoms.